The lowest BCUT2D eigenvalue weighted by atomic mass is 9.61. The van der Waals surface area contributed by atoms with Crippen LogP contribution < -0.4 is 4.90 Å². The van der Waals surface area contributed by atoms with Crippen molar-refractivity contribution in [3.05, 3.63) is 42.5 Å². The molecule has 0 unspecified atom stereocenters. The van der Waals surface area contributed by atoms with Gasteiger partial charge in [-0.3, -0.25) is 9.59 Å². The van der Waals surface area contributed by atoms with Gasteiger partial charge in [0.1, 0.15) is 0 Å². The van der Waals surface area contributed by atoms with Crippen LogP contribution in [-0.2, 0) is 9.59 Å². The number of likely N-dealkylation sites (N-methyl/N-ethyl adjacent to an activating group) is 1. The lowest BCUT2D eigenvalue weighted by molar-refractivity contribution is -0.124. The van der Waals surface area contributed by atoms with Crippen molar-refractivity contribution in [2.75, 3.05) is 11.9 Å². The summed E-state index contributed by atoms with van der Waals surface area (Å²) in [5.74, 6) is -0.983. The lowest BCUT2D eigenvalue weighted by Gasteiger charge is -2.52. The van der Waals surface area contributed by atoms with Crippen LogP contribution in [0.3, 0.4) is 0 Å². The number of benzene rings is 1. The molecule has 1 aromatic rings. The fraction of sp³-hybridized carbons (Fsp3) is 0.353. The van der Waals surface area contributed by atoms with Gasteiger partial charge in [-0.25, -0.2) is 4.90 Å². The van der Waals surface area contributed by atoms with Gasteiger partial charge in [-0.05, 0) is 19.1 Å². The highest BCUT2D eigenvalue weighted by molar-refractivity contribution is 7.80. The third kappa shape index (κ3) is 1.44. The molecule has 4 atom stereocenters. The van der Waals surface area contributed by atoms with Gasteiger partial charge in [-0.15, -0.1) is 0 Å². The SMILES string of the molecule is CN1C(=S)[C@@]2(C)C=C[C@@H]1[C@@H]1C(=O)N(c3ccccc3)C(=O)[C@@H]12. The Morgan fingerprint density at radius 2 is 1.82 bits per heavy atom. The Balaban J connectivity index is 1.85. The second-order valence-electron chi connectivity index (χ2n) is 6.40. The highest BCUT2D eigenvalue weighted by Crippen LogP contribution is 2.53. The van der Waals surface area contributed by atoms with Gasteiger partial charge in [0.25, 0.3) is 0 Å². The summed E-state index contributed by atoms with van der Waals surface area (Å²) in [5, 5.41) is 0. The first-order valence-electron chi connectivity index (χ1n) is 7.36. The highest BCUT2D eigenvalue weighted by atomic mass is 32.1. The number of rotatable bonds is 1. The molecule has 2 bridgehead atoms. The summed E-state index contributed by atoms with van der Waals surface area (Å²) in [6.45, 7) is 1.97. The highest BCUT2D eigenvalue weighted by Gasteiger charge is 2.64. The fourth-order valence-electron chi connectivity index (χ4n) is 4.11. The number of carbonyl (C=O) groups excluding carboxylic acids is 2. The first-order valence-corrected chi connectivity index (χ1v) is 7.77. The third-order valence-electron chi connectivity index (χ3n) is 5.25. The Morgan fingerprint density at radius 1 is 1.14 bits per heavy atom. The van der Waals surface area contributed by atoms with E-state index in [0.29, 0.717) is 5.69 Å². The molecular weight excluding hydrogens is 296 g/mol. The zero-order valence-corrected chi connectivity index (χ0v) is 13.2. The molecule has 112 valence electrons. The third-order valence-corrected chi connectivity index (χ3v) is 5.98. The maximum absolute atomic E-state index is 13.0. The van der Waals surface area contributed by atoms with E-state index in [-0.39, 0.29) is 29.7 Å². The predicted octanol–water partition coefficient (Wildman–Crippen LogP) is 2.01. The number of carbonyl (C=O) groups is 2. The Labute approximate surface area is 134 Å². The molecule has 1 aliphatic carbocycles. The van der Waals surface area contributed by atoms with Gasteiger partial charge in [0.2, 0.25) is 11.8 Å². The number of nitrogens with zero attached hydrogens (tertiary/aromatic N) is 2. The molecule has 22 heavy (non-hydrogen) atoms. The van der Waals surface area contributed by atoms with E-state index < -0.39 is 5.41 Å². The molecule has 0 aromatic heterocycles. The first kappa shape index (κ1) is 13.6. The number of imide groups is 1. The molecule has 4 aliphatic rings. The molecule has 4 nitrogen and oxygen atoms in total. The largest absolute Gasteiger partial charge is 0.361 e. The van der Waals surface area contributed by atoms with E-state index in [1.165, 1.54) is 4.90 Å². The van der Waals surface area contributed by atoms with E-state index in [1.54, 1.807) is 12.1 Å². The second kappa shape index (κ2) is 4.26. The number of anilines is 1. The van der Waals surface area contributed by atoms with Gasteiger partial charge < -0.3 is 4.90 Å². The van der Waals surface area contributed by atoms with Crippen molar-refractivity contribution in [1.29, 1.82) is 0 Å². The maximum Gasteiger partial charge on any atom is 0.240 e. The van der Waals surface area contributed by atoms with Crippen molar-refractivity contribution in [3.8, 4) is 0 Å². The quantitative estimate of drug-likeness (QED) is 0.452. The second-order valence-corrected chi connectivity index (χ2v) is 6.79. The standard InChI is InChI=1S/C17H16N2O2S/c1-17-9-8-11(18(2)16(17)22)12-13(17)15(21)19(14(12)20)10-6-4-3-5-7-10/h3-9,11-13H,1-2H3/t11-,12+,13-,17+/m1/s1. The van der Waals surface area contributed by atoms with Crippen molar-refractivity contribution >= 4 is 34.7 Å². The summed E-state index contributed by atoms with van der Waals surface area (Å²) in [6, 6.07) is 9.02. The zero-order valence-electron chi connectivity index (χ0n) is 12.4. The monoisotopic (exact) mass is 312 g/mol. The Bertz CT molecular complexity index is 729. The minimum Gasteiger partial charge on any atom is -0.361 e. The van der Waals surface area contributed by atoms with Crippen LogP contribution in [0.25, 0.3) is 0 Å². The van der Waals surface area contributed by atoms with Crippen molar-refractivity contribution in [2.45, 2.75) is 13.0 Å². The molecule has 3 aliphatic heterocycles. The van der Waals surface area contributed by atoms with Crippen LogP contribution in [0.2, 0.25) is 0 Å². The molecule has 5 rings (SSSR count). The Hall–Kier alpha value is -2.01. The van der Waals surface area contributed by atoms with E-state index >= 15 is 0 Å². The van der Waals surface area contributed by atoms with E-state index in [2.05, 4.69) is 0 Å². The number of amides is 2. The summed E-state index contributed by atoms with van der Waals surface area (Å²) in [6.07, 6.45) is 4.04. The molecule has 3 heterocycles. The maximum atomic E-state index is 13.0. The number of hydrogen-bond acceptors (Lipinski definition) is 3. The van der Waals surface area contributed by atoms with Gasteiger partial charge in [0, 0.05) is 12.5 Å². The molecule has 0 saturated carbocycles. The zero-order chi connectivity index (χ0) is 15.6. The van der Waals surface area contributed by atoms with Gasteiger partial charge in [0.05, 0.1) is 28.6 Å². The smallest absolute Gasteiger partial charge is 0.240 e. The average molecular weight is 312 g/mol. The molecule has 2 saturated heterocycles. The number of para-hydroxylation sites is 1. The van der Waals surface area contributed by atoms with Crippen LogP contribution in [0.5, 0.6) is 0 Å². The molecule has 5 heteroatoms. The average Bonchev–Trinajstić information content (AvgIpc) is 2.79. The summed E-state index contributed by atoms with van der Waals surface area (Å²) in [4.78, 5) is 30.0. The lowest BCUT2D eigenvalue weighted by Crippen LogP contribution is -2.61. The minimum absolute atomic E-state index is 0.115. The number of hydrogen-bond donors (Lipinski definition) is 0. The Morgan fingerprint density at radius 3 is 2.50 bits per heavy atom. The van der Waals surface area contributed by atoms with E-state index in [9.17, 15) is 9.59 Å². The molecule has 0 N–H and O–H groups in total. The normalized spacial score (nSPS) is 36.3. The Kier molecular flexibility index (Phi) is 2.64. The summed E-state index contributed by atoms with van der Waals surface area (Å²) >= 11 is 5.56. The van der Waals surface area contributed by atoms with Gasteiger partial charge >= 0.3 is 0 Å². The van der Waals surface area contributed by atoms with Gasteiger partial charge in [-0.2, -0.15) is 0 Å². The number of fused-ring (bicyclic) bond motifs is 1. The molecule has 2 fully saturated rings. The van der Waals surface area contributed by atoms with E-state index in [0.717, 1.165) is 4.99 Å². The molecule has 1 aromatic carbocycles. The molecular formula is C17H16N2O2S. The molecule has 2 amide bonds. The van der Waals surface area contributed by atoms with Crippen molar-refractivity contribution < 1.29 is 9.59 Å². The minimum atomic E-state index is -0.556. The van der Waals surface area contributed by atoms with Crippen LogP contribution in [-0.4, -0.2) is 34.8 Å². The fourth-order valence-corrected chi connectivity index (χ4v) is 4.43. The van der Waals surface area contributed by atoms with Crippen LogP contribution in [0, 0.1) is 17.3 Å². The van der Waals surface area contributed by atoms with Crippen molar-refractivity contribution in [3.63, 3.8) is 0 Å². The van der Waals surface area contributed by atoms with Crippen LogP contribution in [0.4, 0.5) is 5.69 Å². The molecule has 0 spiro atoms. The number of piperidine rings is 1. The number of thiocarbonyl (C=S) groups is 1. The molecule has 0 radical (unpaired) electrons. The van der Waals surface area contributed by atoms with E-state index in [1.807, 2.05) is 49.2 Å². The van der Waals surface area contributed by atoms with Crippen LogP contribution in [0.15, 0.2) is 42.5 Å². The topological polar surface area (TPSA) is 40.6 Å². The van der Waals surface area contributed by atoms with Gasteiger partial charge in [-0.1, -0.05) is 42.6 Å². The van der Waals surface area contributed by atoms with Crippen molar-refractivity contribution in [1.82, 2.24) is 4.90 Å². The van der Waals surface area contributed by atoms with Crippen LogP contribution >= 0.6 is 12.2 Å². The summed E-state index contributed by atoms with van der Waals surface area (Å²) in [5.41, 5.74) is 0.0863. The first-order chi connectivity index (χ1) is 10.5. The van der Waals surface area contributed by atoms with Gasteiger partial charge in [0.15, 0.2) is 0 Å². The predicted molar refractivity (Wildman–Crippen MR) is 87.3 cm³/mol. The summed E-state index contributed by atoms with van der Waals surface area (Å²) in [7, 11) is 1.91. The summed E-state index contributed by atoms with van der Waals surface area (Å²) < 4.78 is 0. The van der Waals surface area contributed by atoms with E-state index in [4.69, 9.17) is 12.2 Å². The van der Waals surface area contributed by atoms with Crippen LogP contribution in [0.1, 0.15) is 6.92 Å². The van der Waals surface area contributed by atoms with Crippen molar-refractivity contribution in [2.24, 2.45) is 17.3 Å².